The normalized spacial score (nSPS) is 43.1. The molecule has 3 rings (SSSR count). The van der Waals surface area contributed by atoms with E-state index in [0.717, 1.165) is 0 Å². The Labute approximate surface area is 403 Å². The lowest BCUT2D eigenvalue weighted by atomic mass is 9.82. The average molecular weight is 981 g/mol. The van der Waals surface area contributed by atoms with Crippen molar-refractivity contribution in [3.63, 3.8) is 0 Å². The van der Waals surface area contributed by atoms with E-state index in [-0.39, 0.29) is 31.6 Å². The molecule has 0 spiro atoms. The molecule has 2 saturated heterocycles. The monoisotopic (exact) mass is 981 g/mol. The number of nitrogens with zero attached hydrogens (tertiary/aromatic N) is 1. The van der Waals surface area contributed by atoms with Crippen LogP contribution in [-0.2, 0) is 33.3 Å². The number of aliphatic hydroxyl groups is 10. The van der Waals surface area contributed by atoms with Gasteiger partial charge in [-0.1, -0.05) is 98.9 Å². The van der Waals surface area contributed by atoms with Gasteiger partial charge in [0.15, 0.2) is 12.1 Å². The van der Waals surface area contributed by atoms with Gasteiger partial charge in [0.1, 0.15) is 18.1 Å². The van der Waals surface area contributed by atoms with Crippen molar-refractivity contribution < 1.29 is 89.5 Å². The highest BCUT2D eigenvalue weighted by atomic mass is 16.7. The number of rotatable bonds is 3. The number of hydrogen-bond acceptors (Lipinski definition) is 19. The number of nitrogens with two attached hydrogens (primary N) is 1. The van der Waals surface area contributed by atoms with Crippen LogP contribution < -0.4 is 5.73 Å². The highest BCUT2D eigenvalue weighted by Gasteiger charge is 2.51. The van der Waals surface area contributed by atoms with Crippen LogP contribution in [0.25, 0.3) is 0 Å². The second kappa shape index (κ2) is 31.3. The Bertz CT molecular complexity index is 1800. The summed E-state index contributed by atoms with van der Waals surface area (Å²) in [6.45, 7) is 6.74. The zero-order chi connectivity index (χ0) is 51.8. The largest absolute Gasteiger partial charge is 0.481 e. The second-order valence-corrected chi connectivity index (χ2v) is 17.9. The van der Waals surface area contributed by atoms with E-state index < -0.39 is 147 Å². The molecule has 0 aromatic rings. The topological polar surface area (TPSA) is 349 Å². The van der Waals surface area contributed by atoms with Gasteiger partial charge in [0.2, 0.25) is 6.08 Å². The Morgan fingerprint density at radius 2 is 1.26 bits per heavy atom. The molecule has 3 aliphatic rings. The number of carboxylic acids is 1. The van der Waals surface area contributed by atoms with Gasteiger partial charge in [-0.3, -0.25) is 9.59 Å². The maximum Gasteiger partial charge on any atom is 0.311 e. The zero-order valence-corrected chi connectivity index (χ0v) is 39.9. The Morgan fingerprint density at radius 3 is 1.81 bits per heavy atom. The summed E-state index contributed by atoms with van der Waals surface area (Å²) < 4.78 is 23.1. The summed E-state index contributed by atoms with van der Waals surface area (Å²) in [6.07, 6.45) is 4.76. The lowest BCUT2D eigenvalue weighted by Gasteiger charge is -2.45. The second-order valence-electron chi connectivity index (χ2n) is 17.9. The molecule has 0 aliphatic carbocycles. The van der Waals surface area contributed by atoms with E-state index in [4.69, 9.17) is 29.5 Å². The van der Waals surface area contributed by atoms with Crippen molar-refractivity contribution in [2.45, 2.75) is 177 Å². The van der Waals surface area contributed by atoms with Gasteiger partial charge >= 0.3 is 11.9 Å². The fraction of sp³-hybridized carbons (Fsp3) is 0.653. The molecule has 390 valence electrons. The van der Waals surface area contributed by atoms with Gasteiger partial charge in [-0.25, -0.2) is 9.79 Å². The molecular weight excluding hydrogens is 905 g/mol. The number of carbonyl (C=O) groups excluding carboxylic acids is 2. The third kappa shape index (κ3) is 21.9. The molecule has 0 amide bonds. The quantitative estimate of drug-likeness (QED) is 0.105. The number of isocyanates is 1. The summed E-state index contributed by atoms with van der Waals surface area (Å²) in [4.78, 5) is 36.9. The SMILES string of the molecule is CN=C=O.C[C@@H]1[C@H](O)[C@@H](C)/C=C/C=C/C=C/C=C/C=C/C=C/C=C/[C@H](O[C@@H]2O[C@H](C)[C@@H](O)C(N)[C@@H]2O)C[C@@H]2O[C@](O)(C[C@@H](O)C[C@@H](O)[C@H](O)CC[C@@H](O)C[C@@H](O)CC(=O)O[C@H]1C)C[C@H](O)[C@H]2C(=O)O. The van der Waals surface area contributed by atoms with E-state index in [0.29, 0.717) is 0 Å². The number of carboxylic acid groups (broad SMARTS) is 1. The zero-order valence-electron chi connectivity index (χ0n) is 39.9. The van der Waals surface area contributed by atoms with Crippen LogP contribution in [0.15, 0.2) is 90.1 Å². The van der Waals surface area contributed by atoms with Crippen LogP contribution >= 0.6 is 0 Å². The van der Waals surface area contributed by atoms with E-state index in [1.807, 2.05) is 19.1 Å². The first-order valence-corrected chi connectivity index (χ1v) is 23.2. The van der Waals surface area contributed by atoms with Crippen molar-refractivity contribution in [3.05, 3.63) is 85.1 Å². The molecule has 0 radical (unpaired) electrons. The van der Waals surface area contributed by atoms with Crippen LogP contribution in [0.3, 0.4) is 0 Å². The molecule has 0 aromatic heterocycles. The highest BCUT2D eigenvalue weighted by molar-refractivity contribution is 5.71. The minimum absolute atomic E-state index is 0.107. The number of esters is 1. The Morgan fingerprint density at radius 1 is 0.710 bits per heavy atom. The minimum atomic E-state index is -2.33. The summed E-state index contributed by atoms with van der Waals surface area (Å²) in [5, 5.41) is 118. The van der Waals surface area contributed by atoms with E-state index in [2.05, 4.69) is 4.99 Å². The molecule has 19 atom stereocenters. The number of aliphatic hydroxyl groups excluding tert-OH is 9. The van der Waals surface area contributed by atoms with Crippen LogP contribution in [0.4, 0.5) is 0 Å². The molecule has 2 bridgehead atoms. The van der Waals surface area contributed by atoms with Crippen LogP contribution in [0.1, 0.15) is 79.1 Å². The first-order valence-electron chi connectivity index (χ1n) is 23.2. The van der Waals surface area contributed by atoms with E-state index in [9.17, 15) is 65.8 Å². The average Bonchev–Trinajstić information content (AvgIpc) is 3.27. The van der Waals surface area contributed by atoms with E-state index in [1.165, 1.54) is 26.1 Å². The summed E-state index contributed by atoms with van der Waals surface area (Å²) in [7, 11) is 1.38. The van der Waals surface area contributed by atoms with E-state index in [1.54, 1.807) is 80.7 Å². The lowest BCUT2D eigenvalue weighted by Crippen LogP contribution is -2.61. The molecular formula is C49H76N2O18. The summed E-state index contributed by atoms with van der Waals surface area (Å²) >= 11 is 0. The standard InChI is InChI=1S/C47H73NO17.C2H3NO/c1-27-17-15-13-11-9-7-5-6-8-10-12-14-16-18-34(64-46-44(58)41(48)43(57)30(4)63-46)24-38-40(45(59)60)37(54)26-47(61,65-38)25-33(51)22-36(53)35(52)20-19-31(49)21-32(50)23-39(55)62-29(3)28(2)42(27)56;1-3-2-4/h5-18,27-38,40-44,46,49-54,56-58,61H,19-26,48H2,1-4H3,(H,59,60);1H3/b6-5+,9-7+,10-8+,13-11+,14-12+,17-15+,18-16+;/t27-,28-,29-,30+,31+,32+,33-,34-,35+,36+,37-,38-,40+,41?,42+,43+,44-,46-,47+;/m0./s1. The summed E-state index contributed by atoms with van der Waals surface area (Å²) in [6, 6.07) is -1.15. The van der Waals surface area contributed by atoms with Crippen molar-refractivity contribution in [1.82, 2.24) is 0 Å². The van der Waals surface area contributed by atoms with Gasteiger partial charge < -0.3 is 80.9 Å². The number of fused-ring (bicyclic) bond motifs is 2. The molecule has 3 heterocycles. The molecule has 69 heavy (non-hydrogen) atoms. The molecule has 0 aromatic carbocycles. The van der Waals surface area contributed by atoms with Gasteiger partial charge in [-0.15, -0.1) is 0 Å². The van der Waals surface area contributed by atoms with Crippen LogP contribution in [0.5, 0.6) is 0 Å². The van der Waals surface area contributed by atoms with Crippen LogP contribution in [-0.4, -0.2) is 179 Å². The van der Waals surface area contributed by atoms with E-state index >= 15 is 0 Å². The van der Waals surface area contributed by atoms with Gasteiger partial charge in [-0.2, -0.15) is 0 Å². The number of hydrogen-bond donors (Lipinski definition) is 12. The Balaban J connectivity index is 0.00000392. The molecule has 2 fully saturated rings. The number of cyclic esters (lactones) is 1. The fourth-order valence-corrected chi connectivity index (χ4v) is 7.97. The van der Waals surface area contributed by atoms with Gasteiger partial charge in [0, 0.05) is 44.6 Å². The van der Waals surface area contributed by atoms with Crippen molar-refractivity contribution in [3.8, 4) is 0 Å². The first kappa shape index (κ1) is 61.1. The number of ether oxygens (including phenoxy) is 4. The maximum atomic E-state index is 12.6. The lowest BCUT2D eigenvalue weighted by molar-refractivity contribution is -0.308. The number of allylic oxidation sites excluding steroid dienone is 12. The van der Waals surface area contributed by atoms with Crippen molar-refractivity contribution >= 4 is 18.0 Å². The summed E-state index contributed by atoms with van der Waals surface area (Å²) in [5.41, 5.74) is 6.02. The fourth-order valence-electron chi connectivity index (χ4n) is 7.97. The third-order valence-electron chi connectivity index (χ3n) is 12.1. The maximum absolute atomic E-state index is 12.6. The van der Waals surface area contributed by atoms with Crippen molar-refractivity contribution in [2.75, 3.05) is 7.05 Å². The number of aliphatic carboxylic acids is 1. The van der Waals surface area contributed by atoms with Gasteiger partial charge in [0.25, 0.3) is 0 Å². The number of aliphatic imine (C=N–C) groups is 1. The molecule has 20 nitrogen and oxygen atoms in total. The van der Waals surface area contributed by atoms with Crippen molar-refractivity contribution in [1.29, 1.82) is 0 Å². The first-order chi connectivity index (χ1) is 32.5. The van der Waals surface area contributed by atoms with Crippen LogP contribution in [0, 0.1) is 17.8 Å². The van der Waals surface area contributed by atoms with Crippen molar-refractivity contribution in [2.24, 2.45) is 28.5 Å². The highest BCUT2D eigenvalue weighted by Crippen LogP contribution is 2.38. The molecule has 1 unspecified atom stereocenters. The van der Waals surface area contributed by atoms with Gasteiger partial charge in [0.05, 0.1) is 79.6 Å². The van der Waals surface area contributed by atoms with Crippen LogP contribution in [0.2, 0.25) is 0 Å². The molecule has 0 saturated carbocycles. The Kier molecular flexibility index (Phi) is 27.7. The van der Waals surface area contributed by atoms with Gasteiger partial charge in [-0.05, 0) is 33.1 Å². The smallest absolute Gasteiger partial charge is 0.311 e. The molecule has 13 N–H and O–H groups in total. The third-order valence-corrected chi connectivity index (χ3v) is 12.1. The predicted octanol–water partition coefficient (Wildman–Crippen LogP) is 0.664. The predicted molar refractivity (Wildman–Crippen MR) is 251 cm³/mol. The molecule has 20 heteroatoms. The minimum Gasteiger partial charge on any atom is -0.481 e. The summed E-state index contributed by atoms with van der Waals surface area (Å²) in [5.74, 6) is -6.83. The number of carbonyl (C=O) groups is 2. The Hall–Kier alpha value is -4.06. The molecule has 3 aliphatic heterocycles.